The Morgan fingerprint density at radius 1 is 1.59 bits per heavy atom. The summed E-state index contributed by atoms with van der Waals surface area (Å²) in [7, 11) is 1.57. The van der Waals surface area contributed by atoms with E-state index in [4.69, 9.17) is 9.84 Å². The largest absolute Gasteiger partial charge is 0.480 e. The minimum atomic E-state index is -0.962. The summed E-state index contributed by atoms with van der Waals surface area (Å²) in [5.74, 6) is -0.108. The summed E-state index contributed by atoms with van der Waals surface area (Å²) in [6.07, 6.45) is 0. The molecule has 0 bridgehead atoms. The van der Waals surface area contributed by atoms with E-state index >= 15 is 0 Å². The average Bonchev–Trinajstić information content (AvgIpc) is 2.75. The van der Waals surface area contributed by atoms with Gasteiger partial charge in [0.1, 0.15) is 6.04 Å². The molecule has 6 nitrogen and oxygen atoms in total. The van der Waals surface area contributed by atoms with E-state index in [9.17, 15) is 9.59 Å². The lowest BCUT2D eigenvalue weighted by Gasteiger charge is -2.26. The maximum Gasteiger partial charge on any atom is 0.327 e. The van der Waals surface area contributed by atoms with Gasteiger partial charge in [0, 0.05) is 19.4 Å². The summed E-state index contributed by atoms with van der Waals surface area (Å²) in [6.45, 7) is 4.04. The number of urea groups is 1. The third kappa shape index (κ3) is 3.78. The maximum absolute atomic E-state index is 11.8. The smallest absolute Gasteiger partial charge is 0.327 e. The number of methoxy groups -OCH3 is 1. The molecule has 1 atom stereocenters. The standard InChI is InChI=1S/C10H18N2O4S/c1-10(2,16-3)5-11-9(15)12-6-17-4-7(12)8(13)14/h7H,4-6H2,1-3H3,(H,11,15)(H,13,14)/t7-/m0/s1. The van der Waals surface area contributed by atoms with Gasteiger partial charge in [-0.25, -0.2) is 9.59 Å². The zero-order valence-electron chi connectivity index (χ0n) is 10.2. The van der Waals surface area contributed by atoms with Crippen LogP contribution in [0.1, 0.15) is 13.8 Å². The van der Waals surface area contributed by atoms with Crippen LogP contribution in [0, 0.1) is 0 Å². The molecule has 1 aliphatic heterocycles. The number of rotatable bonds is 4. The predicted molar refractivity (Wildman–Crippen MR) is 65.1 cm³/mol. The molecule has 1 aliphatic rings. The lowest BCUT2D eigenvalue weighted by Crippen LogP contribution is -2.50. The summed E-state index contributed by atoms with van der Waals surface area (Å²) >= 11 is 1.44. The molecule has 0 unspecified atom stereocenters. The number of nitrogens with zero attached hydrogens (tertiary/aromatic N) is 1. The Morgan fingerprint density at radius 2 is 2.24 bits per heavy atom. The van der Waals surface area contributed by atoms with Gasteiger partial charge in [-0.15, -0.1) is 11.8 Å². The van der Waals surface area contributed by atoms with Crippen molar-refractivity contribution in [1.82, 2.24) is 10.2 Å². The second kappa shape index (κ2) is 5.59. The second-order valence-corrected chi connectivity index (χ2v) is 5.45. The first-order valence-electron chi connectivity index (χ1n) is 5.27. The zero-order valence-corrected chi connectivity index (χ0v) is 11.0. The van der Waals surface area contributed by atoms with Crippen LogP contribution in [0.25, 0.3) is 0 Å². The van der Waals surface area contributed by atoms with Crippen LogP contribution in [-0.2, 0) is 9.53 Å². The molecule has 1 heterocycles. The first-order valence-corrected chi connectivity index (χ1v) is 6.43. The predicted octanol–water partition coefficient (Wildman–Crippen LogP) is 0.580. The van der Waals surface area contributed by atoms with Gasteiger partial charge in [0.05, 0.1) is 11.5 Å². The Morgan fingerprint density at radius 3 is 2.76 bits per heavy atom. The summed E-state index contributed by atoms with van der Waals surface area (Å²) < 4.78 is 5.17. The van der Waals surface area contributed by atoms with E-state index in [0.29, 0.717) is 18.2 Å². The van der Waals surface area contributed by atoms with Crippen LogP contribution < -0.4 is 5.32 Å². The van der Waals surface area contributed by atoms with Gasteiger partial charge in [-0.2, -0.15) is 0 Å². The first kappa shape index (κ1) is 14.1. The van der Waals surface area contributed by atoms with Crippen molar-refractivity contribution < 1.29 is 19.4 Å². The number of carbonyl (C=O) groups is 2. The number of carbonyl (C=O) groups excluding carboxylic acids is 1. The van der Waals surface area contributed by atoms with Crippen molar-refractivity contribution in [3.05, 3.63) is 0 Å². The molecule has 0 aromatic heterocycles. The molecule has 0 radical (unpaired) electrons. The Kier molecular flexibility index (Phi) is 4.64. The highest BCUT2D eigenvalue weighted by Crippen LogP contribution is 2.21. The van der Waals surface area contributed by atoms with Crippen molar-refractivity contribution in [1.29, 1.82) is 0 Å². The van der Waals surface area contributed by atoms with Crippen LogP contribution in [-0.4, -0.2) is 58.9 Å². The average molecular weight is 262 g/mol. The molecule has 1 saturated heterocycles. The van der Waals surface area contributed by atoms with E-state index < -0.39 is 17.6 Å². The molecule has 1 rings (SSSR count). The van der Waals surface area contributed by atoms with Crippen LogP contribution in [0.4, 0.5) is 4.79 Å². The molecule has 2 amide bonds. The number of nitrogens with one attached hydrogen (secondary N) is 1. The Bertz CT molecular complexity index is 309. The quantitative estimate of drug-likeness (QED) is 0.775. The summed E-state index contributed by atoms with van der Waals surface area (Å²) in [5.41, 5.74) is -0.457. The van der Waals surface area contributed by atoms with Crippen molar-refractivity contribution in [2.24, 2.45) is 0 Å². The summed E-state index contributed by atoms with van der Waals surface area (Å²) in [4.78, 5) is 24.1. The molecule has 0 saturated carbocycles. The van der Waals surface area contributed by atoms with Gasteiger partial charge in [0.15, 0.2) is 0 Å². The third-order valence-corrected chi connectivity index (χ3v) is 3.66. The third-order valence-electron chi connectivity index (χ3n) is 2.65. The number of amides is 2. The molecule has 1 fully saturated rings. The molecular formula is C10H18N2O4S. The number of aliphatic carboxylic acids is 1. The van der Waals surface area contributed by atoms with Crippen LogP contribution in [0.15, 0.2) is 0 Å². The minimum Gasteiger partial charge on any atom is -0.480 e. The summed E-state index contributed by atoms with van der Waals surface area (Å²) in [6, 6.07) is -1.09. The molecular weight excluding hydrogens is 244 g/mol. The molecule has 0 aromatic rings. The lowest BCUT2D eigenvalue weighted by molar-refractivity contribution is -0.140. The Balaban J connectivity index is 2.50. The van der Waals surface area contributed by atoms with Crippen LogP contribution in [0.5, 0.6) is 0 Å². The van der Waals surface area contributed by atoms with Gasteiger partial charge in [-0.05, 0) is 13.8 Å². The van der Waals surface area contributed by atoms with Crippen molar-refractivity contribution in [3.63, 3.8) is 0 Å². The van der Waals surface area contributed by atoms with Gasteiger partial charge in [-0.1, -0.05) is 0 Å². The molecule has 98 valence electrons. The summed E-state index contributed by atoms with van der Waals surface area (Å²) in [5, 5.41) is 11.6. The van der Waals surface area contributed by atoms with Crippen LogP contribution in [0.3, 0.4) is 0 Å². The number of carboxylic acid groups (broad SMARTS) is 1. The molecule has 17 heavy (non-hydrogen) atoms. The Labute approximate surface area is 105 Å². The van der Waals surface area contributed by atoms with Crippen molar-refractivity contribution >= 4 is 23.8 Å². The topological polar surface area (TPSA) is 78.9 Å². The molecule has 7 heteroatoms. The normalized spacial score (nSPS) is 20.4. The lowest BCUT2D eigenvalue weighted by atomic mass is 10.1. The van der Waals surface area contributed by atoms with Gasteiger partial charge in [0.2, 0.25) is 0 Å². The number of ether oxygens (including phenoxy) is 1. The highest BCUT2D eigenvalue weighted by Gasteiger charge is 2.35. The SMILES string of the molecule is COC(C)(C)CNC(=O)N1CSC[C@H]1C(=O)O. The molecule has 0 aromatic carbocycles. The van der Waals surface area contributed by atoms with E-state index in [1.54, 1.807) is 7.11 Å². The number of carboxylic acids is 1. The van der Waals surface area contributed by atoms with Crippen molar-refractivity contribution in [3.8, 4) is 0 Å². The number of hydrogen-bond acceptors (Lipinski definition) is 4. The minimum absolute atomic E-state index is 0.343. The highest BCUT2D eigenvalue weighted by molar-refractivity contribution is 7.99. The second-order valence-electron chi connectivity index (χ2n) is 4.45. The molecule has 0 spiro atoms. The molecule has 0 aliphatic carbocycles. The van der Waals surface area contributed by atoms with Gasteiger partial charge in [-0.3, -0.25) is 0 Å². The van der Waals surface area contributed by atoms with Crippen LogP contribution in [0.2, 0.25) is 0 Å². The number of thioether (sulfide) groups is 1. The highest BCUT2D eigenvalue weighted by atomic mass is 32.2. The fourth-order valence-corrected chi connectivity index (χ4v) is 2.45. The fourth-order valence-electron chi connectivity index (χ4n) is 1.31. The van der Waals surface area contributed by atoms with E-state index in [1.165, 1.54) is 16.7 Å². The van der Waals surface area contributed by atoms with Gasteiger partial charge < -0.3 is 20.1 Å². The van der Waals surface area contributed by atoms with E-state index in [2.05, 4.69) is 5.32 Å². The van der Waals surface area contributed by atoms with Gasteiger partial charge in [0.25, 0.3) is 0 Å². The first-order chi connectivity index (χ1) is 7.87. The fraction of sp³-hybridized carbons (Fsp3) is 0.800. The monoisotopic (exact) mass is 262 g/mol. The van der Waals surface area contributed by atoms with E-state index in [0.717, 1.165) is 0 Å². The number of hydrogen-bond donors (Lipinski definition) is 2. The zero-order chi connectivity index (χ0) is 13.1. The van der Waals surface area contributed by atoms with Crippen LogP contribution >= 0.6 is 11.8 Å². The Hall–Kier alpha value is -0.950. The van der Waals surface area contributed by atoms with Crippen molar-refractivity contribution in [2.75, 3.05) is 25.3 Å². The van der Waals surface area contributed by atoms with E-state index in [-0.39, 0.29) is 6.03 Å². The van der Waals surface area contributed by atoms with E-state index in [1.807, 2.05) is 13.8 Å². The van der Waals surface area contributed by atoms with Gasteiger partial charge >= 0.3 is 12.0 Å². The van der Waals surface area contributed by atoms with Crippen molar-refractivity contribution in [2.45, 2.75) is 25.5 Å². The molecule has 2 N–H and O–H groups in total. The maximum atomic E-state index is 11.8.